The number of fused-ring (bicyclic) bond motifs is 4. The smallest absolute Gasteiger partial charge is 0.334 e. The van der Waals surface area contributed by atoms with Gasteiger partial charge in [-0.05, 0) is 60.8 Å². The van der Waals surface area contributed by atoms with Crippen molar-refractivity contribution < 1.29 is 38.4 Å². The van der Waals surface area contributed by atoms with Crippen LogP contribution >= 0.6 is 0 Å². The number of nitrogens with two attached hydrogens (primary N) is 1. The van der Waals surface area contributed by atoms with E-state index in [1.165, 1.54) is 0 Å². The van der Waals surface area contributed by atoms with Crippen molar-refractivity contribution in [3.8, 4) is 5.75 Å². The lowest BCUT2D eigenvalue weighted by Gasteiger charge is -2.53. The summed E-state index contributed by atoms with van der Waals surface area (Å²) < 4.78 is 31.6. The van der Waals surface area contributed by atoms with Crippen LogP contribution in [0.15, 0.2) is 35.4 Å². The summed E-state index contributed by atoms with van der Waals surface area (Å²) in [5, 5.41) is 9.58. The zero-order chi connectivity index (χ0) is 26.4. The van der Waals surface area contributed by atoms with Crippen molar-refractivity contribution in [1.82, 2.24) is 0 Å². The first kappa shape index (κ1) is 23.4. The predicted octanol–water partition coefficient (Wildman–Crippen LogP) is 1.93. The summed E-state index contributed by atoms with van der Waals surface area (Å²) in [5.41, 5.74) is 6.69. The Bertz CT molecular complexity index is 1310. The van der Waals surface area contributed by atoms with Gasteiger partial charge in [0.25, 0.3) is 0 Å². The second-order valence-corrected chi connectivity index (χ2v) is 12.8. The first-order chi connectivity index (χ1) is 18.1. The number of carbonyl (C=O) groups excluding carboxylic acids is 2. The lowest BCUT2D eigenvalue weighted by atomic mass is 9.46. The van der Waals surface area contributed by atoms with Crippen LogP contribution in [0.25, 0.3) is 0 Å². The molecule has 1 aromatic carbocycles. The maximum absolute atomic E-state index is 13.5. The van der Waals surface area contributed by atoms with E-state index in [0.29, 0.717) is 13.0 Å². The fourth-order valence-corrected chi connectivity index (χ4v) is 9.02. The number of hydrogen-bond acceptors (Lipinski definition) is 9. The Balaban J connectivity index is 1.14. The summed E-state index contributed by atoms with van der Waals surface area (Å²) in [6.07, 6.45) is 1.33. The molecule has 9 heteroatoms. The number of benzene rings is 1. The molecule has 7 aliphatic rings. The molecule has 2 spiro atoms. The third-order valence-corrected chi connectivity index (χ3v) is 11.0. The molecule has 0 amide bonds. The van der Waals surface area contributed by atoms with Gasteiger partial charge in [0.15, 0.2) is 11.7 Å². The van der Waals surface area contributed by atoms with E-state index in [1.807, 2.05) is 0 Å². The van der Waals surface area contributed by atoms with Gasteiger partial charge in [0.2, 0.25) is 0 Å². The molecule has 10 atom stereocenters. The van der Waals surface area contributed by atoms with Crippen LogP contribution in [0.5, 0.6) is 5.75 Å². The molecule has 4 heterocycles. The first-order valence-electron chi connectivity index (χ1n) is 13.8. The molecule has 4 aliphatic heterocycles. The maximum atomic E-state index is 13.5. The molecule has 8 rings (SSSR count). The Morgan fingerprint density at radius 2 is 1.95 bits per heavy atom. The Labute approximate surface area is 220 Å². The highest BCUT2D eigenvalue weighted by Gasteiger charge is 3.01. The average Bonchev–Trinajstić information content (AvgIpc) is 3.79. The lowest BCUT2D eigenvalue weighted by Crippen LogP contribution is -2.70. The van der Waals surface area contributed by atoms with Crippen molar-refractivity contribution in [2.75, 3.05) is 6.61 Å². The molecular formula is C29H33NO8. The van der Waals surface area contributed by atoms with Crippen LogP contribution in [0, 0.1) is 17.3 Å². The van der Waals surface area contributed by atoms with Gasteiger partial charge in [-0.1, -0.05) is 32.9 Å². The molecule has 5 fully saturated rings. The van der Waals surface area contributed by atoms with Crippen LogP contribution in [0.4, 0.5) is 0 Å². The molecule has 3 N–H and O–H groups in total. The van der Waals surface area contributed by atoms with Gasteiger partial charge in [-0.3, -0.25) is 4.79 Å². The standard InChI is InChI=1S/C29H33NO8/c1-13(2)27-21(37-27)22-29(38-22)26(3)9-8-16-17(12-34-23(16)32)18(26)11-20-28(29,36-20)25(27)35-24(33)19(30)10-14-4-6-15(31)7-5-14/h4-7,13,18-22,25,31H,8-12,30H2,1-3H3/t18-,19-,20-,21-,22-,25+,26-,27-,28+,29+/m0/s1. The van der Waals surface area contributed by atoms with Crippen LogP contribution < -0.4 is 5.73 Å². The zero-order valence-electron chi connectivity index (χ0n) is 21.8. The van der Waals surface area contributed by atoms with E-state index in [0.717, 1.165) is 29.6 Å². The van der Waals surface area contributed by atoms with Gasteiger partial charge in [-0.25, -0.2) is 4.79 Å². The van der Waals surface area contributed by atoms with Crippen molar-refractivity contribution >= 4 is 11.9 Å². The zero-order valence-corrected chi connectivity index (χ0v) is 21.8. The van der Waals surface area contributed by atoms with Gasteiger partial charge >= 0.3 is 11.9 Å². The van der Waals surface area contributed by atoms with Crippen LogP contribution in [-0.2, 0) is 39.7 Å². The number of phenols is 1. The Hall–Kier alpha value is -2.46. The van der Waals surface area contributed by atoms with Gasteiger partial charge in [-0.2, -0.15) is 0 Å². The van der Waals surface area contributed by atoms with E-state index in [2.05, 4.69) is 20.8 Å². The molecule has 3 aliphatic carbocycles. The quantitative estimate of drug-likeness (QED) is 0.438. The summed E-state index contributed by atoms with van der Waals surface area (Å²) in [4.78, 5) is 25.9. The minimum atomic E-state index is -0.876. The van der Waals surface area contributed by atoms with Crippen LogP contribution in [0.1, 0.15) is 45.6 Å². The SMILES string of the molecule is CC(C)[C@]12O[C@H]1[C@@H]1O[C@]13[C@]1(O[C@H]1C[C@H]1C4=C(CC[C@@]13C)C(=O)OC4)[C@@H]2OC(=O)[C@@H](N)Cc1ccc(O)cc1. The number of aromatic hydroxyl groups is 1. The minimum Gasteiger partial charge on any atom is -0.508 e. The van der Waals surface area contributed by atoms with Gasteiger partial charge in [0.05, 0.1) is 6.10 Å². The van der Waals surface area contributed by atoms with E-state index in [9.17, 15) is 14.7 Å². The van der Waals surface area contributed by atoms with Gasteiger partial charge in [0.1, 0.15) is 41.8 Å². The number of rotatable bonds is 5. The number of cyclic esters (lactones) is 1. The van der Waals surface area contributed by atoms with E-state index >= 15 is 0 Å². The third kappa shape index (κ3) is 2.49. The van der Waals surface area contributed by atoms with Crippen molar-refractivity contribution in [2.45, 2.75) is 93.7 Å². The molecule has 0 radical (unpaired) electrons. The summed E-state index contributed by atoms with van der Waals surface area (Å²) in [6, 6.07) is 5.78. The highest BCUT2D eigenvalue weighted by Crippen LogP contribution is 2.83. The minimum absolute atomic E-state index is 0.0760. The van der Waals surface area contributed by atoms with E-state index in [1.54, 1.807) is 24.3 Å². The Kier molecular flexibility index (Phi) is 4.31. The molecule has 9 nitrogen and oxygen atoms in total. The van der Waals surface area contributed by atoms with Gasteiger partial charge in [0, 0.05) is 11.0 Å². The van der Waals surface area contributed by atoms with E-state index in [4.69, 9.17) is 29.4 Å². The molecule has 0 bridgehead atoms. The monoisotopic (exact) mass is 523 g/mol. The topological polar surface area (TPSA) is 136 Å². The highest BCUT2D eigenvalue weighted by atomic mass is 16.8. The first-order valence-corrected chi connectivity index (χ1v) is 13.8. The second-order valence-electron chi connectivity index (χ2n) is 12.8. The summed E-state index contributed by atoms with van der Waals surface area (Å²) >= 11 is 0. The van der Waals surface area contributed by atoms with Gasteiger partial charge in [-0.15, -0.1) is 0 Å². The fourth-order valence-electron chi connectivity index (χ4n) is 9.02. The van der Waals surface area contributed by atoms with Crippen molar-refractivity contribution in [3.05, 3.63) is 41.0 Å². The number of hydrogen-bond donors (Lipinski definition) is 2. The van der Waals surface area contributed by atoms with Gasteiger partial charge < -0.3 is 34.5 Å². The lowest BCUT2D eigenvalue weighted by molar-refractivity contribution is -0.170. The molecule has 202 valence electrons. The van der Waals surface area contributed by atoms with Crippen LogP contribution in [0.2, 0.25) is 0 Å². The summed E-state index contributed by atoms with van der Waals surface area (Å²) in [6.45, 7) is 6.78. The Morgan fingerprint density at radius 3 is 2.68 bits per heavy atom. The highest BCUT2D eigenvalue weighted by molar-refractivity contribution is 5.92. The molecular weight excluding hydrogens is 490 g/mol. The summed E-state index contributed by atoms with van der Waals surface area (Å²) in [5.74, 6) is -0.338. The molecule has 38 heavy (non-hydrogen) atoms. The van der Waals surface area contributed by atoms with Crippen molar-refractivity contribution in [3.63, 3.8) is 0 Å². The molecule has 3 saturated heterocycles. The third-order valence-electron chi connectivity index (χ3n) is 11.0. The molecule has 0 unspecified atom stereocenters. The molecule has 0 aromatic heterocycles. The van der Waals surface area contributed by atoms with Crippen molar-refractivity contribution in [1.29, 1.82) is 0 Å². The van der Waals surface area contributed by atoms with Crippen molar-refractivity contribution in [2.24, 2.45) is 23.0 Å². The maximum Gasteiger partial charge on any atom is 0.334 e. The number of ether oxygens (including phenoxy) is 5. The number of phenolic OH excluding ortho intramolecular Hbond substituents is 1. The molecule has 1 aromatic rings. The normalized spacial score (nSPS) is 47.5. The number of carbonyl (C=O) groups is 2. The van der Waals surface area contributed by atoms with Crippen LogP contribution in [0.3, 0.4) is 0 Å². The second kappa shape index (κ2) is 6.99. The van der Waals surface area contributed by atoms with E-state index in [-0.39, 0.29) is 53.7 Å². The Morgan fingerprint density at radius 1 is 1.18 bits per heavy atom. The summed E-state index contributed by atoms with van der Waals surface area (Å²) in [7, 11) is 0. The van der Waals surface area contributed by atoms with E-state index < -0.39 is 34.9 Å². The molecule has 2 saturated carbocycles. The average molecular weight is 524 g/mol. The predicted molar refractivity (Wildman–Crippen MR) is 131 cm³/mol. The fraction of sp³-hybridized carbons (Fsp3) is 0.655. The largest absolute Gasteiger partial charge is 0.508 e. The van der Waals surface area contributed by atoms with Crippen LogP contribution in [-0.4, -0.2) is 70.9 Å². The number of esters is 2. The number of epoxide rings is 3.